The molecule has 2 heterocycles. The van der Waals surface area contributed by atoms with Crippen molar-refractivity contribution >= 4 is 29.4 Å². The minimum absolute atomic E-state index is 0.168. The number of benzene rings is 1. The van der Waals surface area contributed by atoms with Crippen molar-refractivity contribution in [2.24, 2.45) is 11.8 Å². The van der Waals surface area contributed by atoms with Gasteiger partial charge in [0.1, 0.15) is 0 Å². The van der Waals surface area contributed by atoms with E-state index in [4.69, 9.17) is 9.31 Å². The second-order valence-corrected chi connectivity index (χ2v) is 7.21. The third-order valence-corrected chi connectivity index (χ3v) is 5.74. The van der Waals surface area contributed by atoms with Crippen molar-refractivity contribution in [3.8, 4) is 0 Å². The van der Waals surface area contributed by atoms with Crippen LogP contribution in [0.25, 0.3) is 10.9 Å². The highest BCUT2D eigenvalue weighted by molar-refractivity contribution is 6.62. The van der Waals surface area contributed by atoms with E-state index < -0.39 is 0 Å². The lowest BCUT2D eigenvalue weighted by Crippen LogP contribution is -2.37. The smallest absolute Gasteiger partial charge is 0.399 e. The second kappa shape index (κ2) is 4.68. The summed E-state index contributed by atoms with van der Waals surface area (Å²) in [6.07, 6.45) is 1.83. The van der Waals surface area contributed by atoms with Crippen molar-refractivity contribution in [1.29, 1.82) is 0 Å². The zero-order valence-electron chi connectivity index (χ0n) is 14.3. The molecule has 1 N–H and O–H groups in total. The van der Waals surface area contributed by atoms with Crippen LogP contribution in [0.15, 0.2) is 24.4 Å². The van der Waals surface area contributed by atoms with Crippen LogP contribution in [-0.2, 0) is 9.31 Å². The molecule has 1 aromatic heterocycles. The monoisotopic (exact) mass is 311 g/mol. The van der Waals surface area contributed by atoms with Crippen LogP contribution in [-0.4, -0.2) is 35.3 Å². The van der Waals surface area contributed by atoms with Crippen molar-refractivity contribution in [2.45, 2.75) is 38.9 Å². The van der Waals surface area contributed by atoms with Gasteiger partial charge in [-0.2, -0.15) is 0 Å². The summed E-state index contributed by atoms with van der Waals surface area (Å²) in [5.41, 5.74) is 1.49. The SMILES string of the molecule is CNc1ncc2cc(B3OC(C)(C)C4(O3)C(C)C4C)ccc2n1. The van der Waals surface area contributed by atoms with Crippen LogP contribution < -0.4 is 10.8 Å². The van der Waals surface area contributed by atoms with Crippen LogP contribution in [0.4, 0.5) is 5.95 Å². The van der Waals surface area contributed by atoms with E-state index in [0.717, 1.165) is 16.4 Å². The molecule has 1 aromatic carbocycles. The van der Waals surface area contributed by atoms with E-state index in [2.05, 4.69) is 49.0 Å². The van der Waals surface area contributed by atoms with Crippen molar-refractivity contribution in [2.75, 3.05) is 12.4 Å². The second-order valence-electron chi connectivity index (χ2n) is 7.21. The van der Waals surface area contributed by atoms with Crippen molar-refractivity contribution in [1.82, 2.24) is 9.97 Å². The van der Waals surface area contributed by atoms with E-state index in [0.29, 0.717) is 17.8 Å². The number of nitrogens with one attached hydrogen (secondary N) is 1. The van der Waals surface area contributed by atoms with Gasteiger partial charge in [0.15, 0.2) is 0 Å². The predicted octanol–water partition coefficient (Wildman–Crippen LogP) is 2.22. The molecule has 1 spiro atoms. The number of rotatable bonds is 2. The molecule has 120 valence electrons. The average molecular weight is 311 g/mol. The number of hydrogen-bond acceptors (Lipinski definition) is 5. The molecule has 5 nitrogen and oxygen atoms in total. The quantitative estimate of drug-likeness (QED) is 0.862. The van der Waals surface area contributed by atoms with Crippen LogP contribution in [0.5, 0.6) is 0 Å². The molecular weight excluding hydrogens is 289 g/mol. The van der Waals surface area contributed by atoms with Crippen molar-refractivity contribution in [3.63, 3.8) is 0 Å². The molecule has 4 rings (SSSR count). The van der Waals surface area contributed by atoms with Crippen LogP contribution in [0.2, 0.25) is 0 Å². The summed E-state index contributed by atoms with van der Waals surface area (Å²) in [5, 5.41) is 3.95. The summed E-state index contributed by atoms with van der Waals surface area (Å²) in [6.45, 7) is 8.75. The Kier molecular flexibility index (Phi) is 3.03. The standard InChI is InChI=1S/C17H22BN3O2/c1-10-11(2)17(10)16(3,4)22-18(23-17)13-6-7-14-12(8-13)9-20-15(19-5)21-14/h6-11H,1-5H3,(H,19,20,21). The lowest BCUT2D eigenvalue weighted by Gasteiger charge is -2.26. The van der Waals surface area contributed by atoms with E-state index in [-0.39, 0.29) is 18.3 Å². The summed E-state index contributed by atoms with van der Waals surface area (Å²) >= 11 is 0. The summed E-state index contributed by atoms with van der Waals surface area (Å²) in [7, 11) is 1.49. The fourth-order valence-electron chi connectivity index (χ4n) is 4.21. The lowest BCUT2D eigenvalue weighted by molar-refractivity contribution is 0.0365. The van der Waals surface area contributed by atoms with Gasteiger partial charge in [-0.05, 0) is 37.2 Å². The number of hydrogen-bond donors (Lipinski definition) is 1. The molecule has 2 atom stereocenters. The Bertz CT molecular complexity index is 772. The average Bonchev–Trinajstić information content (AvgIpc) is 2.94. The molecule has 2 fully saturated rings. The molecule has 23 heavy (non-hydrogen) atoms. The van der Waals surface area contributed by atoms with Crippen LogP contribution >= 0.6 is 0 Å². The maximum atomic E-state index is 6.40. The van der Waals surface area contributed by atoms with Crippen LogP contribution in [0.1, 0.15) is 27.7 Å². The summed E-state index contributed by atoms with van der Waals surface area (Å²) < 4.78 is 12.7. The van der Waals surface area contributed by atoms with Gasteiger partial charge in [0.2, 0.25) is 5.95 Å². The van der Waals surface area contributed by atoms with Gasteiger partial charge in [-0.3, -0.25) is 0 Å². The Hall–Kier alpha value is -1.66. The molecule has 2 aliphatic rings. The molecular formula is C17H22BN3O2. The fourth-order valence-corrected chi connectivity index (χ4v) is 4.21. The molecule has 0 bridgehead atoms. The van der Waals surface area contributed by atoms with E-state index in [1.165, 1.54) is 0 Å². The van der Waals surface area contributed by atoms with Gasteiger partial charge in [0.25, 0.3) is 0 Å². The van der Waals surface area contributed by atoms with Gasteiger partial charge >= 0.3 is 7.12 Å². The number of aromatic nitrogens is 2. The minimum Gasteiger partial charge on any atom is -0.399 e. The zero-order valence-corrected chi connectivity index (χ0v) is 14.3. The minimum atomic E-state index is -0.328. The number of fused-ring (bicyclic) bond motifs is 1. The van der Waals surface area contributed by atoms with E-state index in [9.17, 15) is 0 Å². The normalized spacial score (nSPS) is 31.8. The summed E-state index contributed by atoms with van der Waals surface area (Å²) in [4.78, 5) is 8.73. The van der Waals surface area contributed by atoms with Crippen LogP contribution in [0.3, 0.4) is 0 Å². The molecule has 1 aliphatic heterocycles. The van der Waals surface area contributed by atoms with Gasteiger partial charge in [-0.15, -0.1) is 0 Å². The lowest BCUT2D eigenvalue weighted by atomic mass is 9.79. The van der Waals surface area contributed by atoms with Gasteiger partial charge < -0.3 is 14.6 Å². The molecule has 1 saturated carbocycles. The predicted molar refractivity (Wildman–Crippen MR) is 91.8 cm³/mol. The van der Waals surface area contributed by atoms with Gasteiger partial charge in [0, 0.05) is 18.6 Å². The Morgan fingerprint density at radius 1 is 1.17 bits per heavy atom. The molecule has 2 aromatic rings. The Balaban J connectivity index is 1.68. The maximum Gasteiger partial charge on any atom is 0.494 e. The Morgan fingerprint density at radius 2 is 1.91 bits per heavy atom. The summed E-state index contributed by atoms with van der Waals surface area (Å²) in [6, 6.07) is 6.09. The van der Waals surface area contributed by atoms with E-state index in [1.54, 1.807) is 0 Å². The first-order valence-electron chi connectivity index (χ1n) is 8.19. The maximum absolute atomic E-state index is 6.40. The first-order valence-corrected chi connectivity index (χ1v) is 8.19. The van der Waals surface area contributed by atoms with Crippen molar-refractivity contribution in [3.05, 3.63) is 24.4 Å². The molecule has 2 unspecified atom stereocenters. The zero-order chi connectivity index (χ0) is 16.4. The topological polar surface area (TPSA) is 56.3 Å². The first-order chi connectivity index (χ1) is 10.9. The van der Waals surface area contributed by atoms with Gasteiger partial charge in [-0.1, -0.05) is 26.0 Å². The van der Waals surface area contributed by atoms with E-state index >= 15 is 0 Å². The van der Waals surface area contributed by atoms with Crippen LogP contribution in [0, 0.1) is 11.8 Å². The van der Waals surface area contributed by atoms with E-state index in [1.807, 2.05) is 25.4 Å². The summed E-state index contributed by atoms with van der Waals surface area (Å²) in [5.74, 6) is 1.66. The Morgan fingerprint density at radius 3 is 2.52 bits per heavy atom. The Labute approximate surface area is 136 Å². The third kappa shape index (κ3) is 1.94. The van der Waals surface area contributed by atoms with Gasteiger partial charge in [-0.25, -0.2) is 9.97 Å². The highest BCUT2D eigenvalue weighted by atomic mass is 16.7. The largest absolute Gasteiger partial charge is 0.494 e. The van der Waals surface area contributed by atoms with Crippen molar-refractivity contribution < 1.29 is 9.31 Å². The third-order valence-electron chi connectivity index (χ3n) is 5.74. The molecule has 0 radical (unpaired) electrons. The molecule has 6 heteroatoms. The fraction of sp³-hybridized carbons (Fsp3) is 0.529. The molecule has 1 aliphatic carbocycles. The first kappa shape index (κ1) is 14.9. The van der Waals surface area contributed by atoms with Gasteiger partial charge in [0.05, 0.1) is 16.7 Å². The number of anilines is 1. The highest BCUT2D eigenvalue weighted by Crippen LogP contribution is 2.63. The molecule has 1 saturated heterocycles. The highest BCUT2D eigenvalue weighted by Gasteiger charge is 2.74. The number of nitrogens with zero attached hydrogens (tertiary/aromatic N) is 2. The molecule has 0 amide bonds.